The van der Waals surface area contributed by atoms with Gasteiger partial charge in [0.25, 0.3) is 0 Å². The SMILES string of the molecule is CCC(C)(C)OC(=O)C1CC2CC1C1C3CC(C4OC34)C21. The highest BCUT2D eigenvalue weighted by atomic mass is 16.6. The van der Waals surface area contributed by atoms with Crippen molar-refractivity contribution in [1.29, 1.82) is 0 Å². The zero-order chi connectivity index (χ0) is 14.5. The lowest BCUT2D eigenvalue weighted by Gasteiger charge is -2.37. The summed E-state index contributed by atoms with van der Waals surface area (Å²) in [5.74, 6) is 4.91. The van der Waals surface area contributed by atoms with Gasteiger partial charge in [-0.2, -0.15) is 0 Å². The first-order chi connectivity index (χ1) is 10.00. The second kappa shape index (κ2) is 3.84. The number of hydrogen-bond donors (Lipinski definition) is 0. The van der Waals surface area contributed by atoms with Crippen LogP contribution in [0.4, 0.5) is 0 Å². The minimum atomic E-state index is -0.308. The predicted molar refractivity (Wildman–Crippen MR) is 77.4 cm³/mol. The van der Waals surface area contributed by atoms with Crippen LogP contribution in [0.25, 0.3) is 0 Å². The summed E-state index contributed by atoms with van der Waals surface area (Å²) in [6.07, 6.45) is 5.83. The number of rotatable bonds is 3. The fourth-order valence-electron chi connectivity index (χ4n) is 6.54. The Morgan fingerprint density at radius 3 is 2.52 bits per heavy atom. The van der Waals surface area contributed by atoms with E-state index < -0.39 is 0 Å². The molecule has 0 aromatic heterocycles. The van der Waals surface area contributed by atoms with E-state index in [0.717, 1.165) is 42.4 Å². The molecule has 0 spiro atoms. The minimum Gasteiger partial charge on any atom is -0.459 e. The molecule has 1 saturated heterocycles. The van der Waals surface area contributed by atoms with Crippen LogP contribution in [-0.4, -0.2) is 23.8 Å². The van der Waals surface area contributed by atoms with Crippen LogP contribution in [0.3, 0.4) is 0 Å². The quantitative estimate of drug-likeness (QED) is 0.455. The molecule has 0 amide bonds. The maximum Gasteiger partial charge on any atom is 0.309 e. The van der Waals surface area contributed by atoms with Crippen LogP contribution in [0.2, 0.25) is 0 Å². The van der Waals surface area contributed by atoms with Gasteiger partial charge in [-0.25, -0.2) is 0 Å². The topological polar surface area (TPSA) is 38.8 Å². The van der Waals surface area contributed by atoms with E-state index >= 15 is 0 Å². The summed E-state index contributed by atoms with van der Waals surface area (Å²) in [6, 6.07) is 0. The maximum absolute atomic E-state index is 12.6. The molecule has 1 heterocycles. The third-order valence-corrected chi connectivity index (χ3v) is 7.60. The maximum atomic E-state index is 12.6. The fourth-order valence-corrected chi connectivity index (χ4v) is 6.54. The van der Waals surface area contributed by atoms with Crippen molar-refractivity contribution < 1.29 is 14.3 Å². The molecule has 0 aromatic rings. The van der Waals surface area contributed by atoms with Gasteiger partial charge in [0.15, 0.2) is 0 Å². The number of epoxide rings is 1. The molecule has 3 nitrogen and oxygen atoms in total. The fraction of sp³-hybridized carbons (Fsp3) is 0.944. The Hall–Kier alpha value is -0.570. The van der Waals surface area contributed by atoms with Crippen LogP contribution in [-0.2, 0) is 14.3 Å². The number of hydrogen-bond acceptors (Lipinski definition) is 3. The Balaban J connectivity index is 1.35. The highest BCUT2D eigenvalue weighted by Gasteiger charge is 2.74. The zero-order valence-corrected chi connectivity index (χ0v) is 13.2. The third kappa shape index (κ3) is 1.56. The van der Waals surface area contributed by atoms with E-state index in [4.69, 9.17) is 9.47 Å². The van der Waals surface area contributed by atoms with Crippen molar-refractivity contribution in [2.75, 3.05) is 0 Å². The molecule has 1 aliphatic heterocycles. The number of carbonyl (C=O) groups excluding carboxylic acids is 1. The van der Waals surface area contributed by atoms with Gasteiger partial charge >= 0.3 is 5.97 Å². The van der Waals surface area contributed by atoms with E-state index in [2.05, 4.69) is 6.92 Å². The summed E-state index contributed by atoms with van der Waals surface area (Å²) in [5, 5.41) is 0. The van der Waals surface area contributed by atoms with Gasteiger partial charge in [-0.15, -0.1) is 0 Å². The zero-order valence-electron chi connectivity index (χ0n) is 13.2. The average molecular weight is 290 g/mol. The minimum absolute atomic E-state index is 0.0869. The summed E-state index contributed by atoms with van der Waals surface area (Å²) < 4.78 is 11.7. The van der Waals surface area contributed by atoms with Crippen LogP contribution in [0.5, 0.6) is 0 Å². The molecular weight excluding hydrogens is 264 g/mol. The smallest absolute Gasteiger partial charge is 0.309 e. The van der Waals surface area contributed by atoms with Gasteiger partial charge in [0.2, 0.25) is 0 Å². The molecule has 0 radical (unpaired) electrons. The standard InChI is InChI=1S/C18H26O3/c1-4-18(2,3)21-17(19)10-6-8-5-9(10)14-12-7-11(13(8)14)15-16(12)20-15/h8-16H,4-7H2,1-3H3. The van der Waals surface area contributed by atoms with Gasteiger partial charge in [0.1, 0.15) is 5.60 Å². The Morgan fingerprint density at radius 1 is 1.10 bits per heavy atom. The Bertz CT molecular complexity index is 499. The van der Waals surface area contributed by atoms with E-state index in [1.807, 2.05) is 13.8 Å². The van der Waals surface area contributed by atoms with Gasteiger partial charge in [-0.05, 0) is 75.0 Å². The molecule has 0 aromatic carbocycles. The summed E-state index contributed by atoms with van der Waals surface area (Å²) >= 11 is 0. The van der Waals surface area contributed by atoms with E-state index in [0.29, 0.717) is 18.1 Å². The summed E-state index contributed by atoms with van der Waals surface area (Å²) in [7, 11) is 0. The van der Waals surface area contributed by atoms with Crippen molar-refractivity contribution >= 4 is 5.97 Å². The van der Waals surface area contributed by atoms with E-state index in [-0.39, 0.29) is 17.5 Å². The molecule has 5 aliphatic rings. The first-order valence-corrected chi connectivity index (χ1v) is 8.88. The lowest BCUT2D eigenvalue weighted by atomic mass is 9.67. The van der Waals surface area contributed by atoms with Crippen molar-refractivity contribution in [2.24, 2.45) is 41.4 Å². The molecule has 5 rings (SSSR count). The largest absolute Gasteiger partial charge is 0.459 e. The van der Waals surface area contributed by atoms with Crippen molar-refractivity contribution in [3.63, 3.8) is 0 Å². The number of esters is 1. The molecule has 4 bridgehead atoms. The number of fused-ring (bicyclic) bond motifs is 12. The number of carbonyl (C=O) groups is 1. The average Bonchev–Trinajstić information content (AvgIpc) is 2.83. The molecule has 9 unspecified atom stereocenters. The van der Waals surface area contributed by atoms with Gasteiger partial charge < -0.3 is 9.47 Å². The summed E-state index contributed by atoms with van der Waals surface area (Å²) in [6.45, 7) is 6.15. The molecule has 21 heavy (non-hydrogen) atoms. The van der Waals surface area contributed by atoms with Gasteiger partial charge in [0, 0.05) is 0 Å². The predicted octanol–water partition coefficient (Wildman–Crippen LogP) is 3.02. The highest BCUT2D eigenvalue weighted by molar-refractivity contribution is 5.74. The first kappa shape index (κ1) is 12.9. The van der Waals surface area contributed by atoms with Gasteiger partial charge in [-0.1, -0.05) is 6.92 Å². The Kier molecular flexibility index (Phi) is 2.37. The van der Waals surface area contributed by atoms with Crippen LogP contribution in [0, 0.1) is 41.4 Å². The van der Waals surface area contributed by atoms with Crippen molar-refractivity contribution in [3.8, 4) is 0 Å². The van der Waals surface area contributed by atoms with Gasteiger partial charge in [-0.3, -0.25) is 4.79 Å². The Morgan fingerprint density at radius 2 is 1.81 bits per heavy atom. The molecular formula is C18H26O3. The van der Waals surface area contributed by atoms with Gasteiger partial charge in [0.05, 0.1) is 18.1 Å². The van der Waals surface area contributed by atoms with Crippen LogP contribution < -0.4 is 0 Å². The molecule has 5 fully saturated rings. The summed E-state index contributed by atoms with van der Waals surface area (Å²) in [5.41, 5.74) is -0.308. The lowest BCUT2D eigenvalue weighted by Crippen LogP contribution is -2.40. The third-order valence-electron chi connectivity index (χ3n) is 7.60. The van der Waals surface area contributed by atoms with Crippen LogP contribution in [0.15, 0.2) is 0 Å². The van der Waals surface area contributed by atoms with E-state index in [9.17, 15) is 4.79 Å². The molecule has 9 atom stereocenters. The van der Waals surface area contributed by atoms with Crippen molar-refractivity contribution in [2.45, 2.75) is 64.3 Å². The molecule has 116 valence electrons. The molecule has 3 heteroatoms. The first-order valence-electron chi connectivity index (χ1n) is 8.88. The molecule has 4 saturated carbocycles. The second-order valence-corrected chi connectivity index (χ2v) is 8.82. The molecule has 4 aliphatic carbocycles. The lowest BCUT2D eigenvalue weighted by molar-refractivity contribution is -0.165. The Labute approximate surface area is 126 Å². The monoisotopic (exact) mass is 290 g/mol. The van der Waals surface area contributed by atoms with E-state index in [1.165, 1.54) is 12.8 Å². The number of ether oxygens (including phenoxy) is 2. The van der Waals surface area contributed by atoms with Crippen molar-refractivity contribution in [3.05, 3.63) is 0 Å². The van der Waals surface area contributed by atoms with Crippen LogP contribution in [0.1, 0.15) is 46.5 Å². The normalized spacial score (nSPS) is 55.5. The van der Waals surface area contributed by atoms with E-state index in [1.54, 1.807) is 0 Å². The van der Waals surface area contributed by atoms with Crippen LogP contribution >= 0.6 is 0 Å². The second-order valence-electron chi connectivity index (χ2n) is 8.82. The summed E-state index contributed by atoms with van der Waals surface area (Å²) in [4.78, 5) is 12.6. The van der Waals surface area contributed by atoms with Crippen molar-refractivity contribution in [1.82, 2.24) is 0 Å². The molecule has 0 N–H and O–H groups in total. The highest BCUT2D eigenvalue weighted by Crippen LogP contribution is 2.73.